The maximum absolute atomic E-state index is 13.0. The van der Waals surface area contributed by atoms with Gasteiger partial charge in [-0.1, -0.05) is 40.9 Å². The number of fused-ring (bicyclic) bond motifs is 1. The highest BCUT2D eigenvalue weighted by Gasteiger charge is 2.42. The van der Waals surface area contributed by atoms with Crippen LogP contribution in [-0.4, -0.2) is 55.0 Å². The molecule has 2 aliphatic rings. The summed E-state index contributed by atoms with van der Waals surface area (Å²) in [7, 11) is 0. The fourth-order valence-electron chi connectivity index (χ4n) is 4.74. The number of amides is 1. The van der Waals surface area contributed by atoms with Crippen molar-refractivity contribution in [3.63, 3.8) is 0 Å². The monoisotopic (exact) mass is 479 g/mol. The molecule has 2 heterocycles. The van der Waals surface area contributed by atoms with E-state index in [-0.39, 0.29) is 5.91 Å². The first-order valence-electron chi connectivity index (χ1n) is 10.8. The first kappa shape index (κ1) is 22.7. The van der Waals surface area contributed by atoms with Crippen LogP contribution in [0.15, 0.2) is 30.3 Å². The van der Waals surface area contributed by atoms with E-state index in [1.807, 2.05) is 30.9 Å². The lowest BCUT2D eigenvalue weighted by Crippen LogP contribution is -2.34. The molecule has 0 saturated carbocycles. The van der Waals surface area contributed by atoms with E-state index < -0.39 is 0 Å². The molecule has 0 bridgehead atoms. The first-order valence-corrected chi connectivity index (χ1v) is 11.9. The maximum atomic E-state index is 13.0. The van der Waals surface area contributed by atoms with Gasteiger partial charge in [0.1, 0.15) is 0 Å². The summed E-state index contributed by atoms with van der Waals surface area (Å²) in [6.45, 7) is 9.55. The lowest BCUT2D eigenvalue weighted by molar-refractivity contribution is 0.0774. The molecule has 4 nitrogen and oxygen atoms in total. The zero-order chi connectivity index (χ0) is 22.1. The van der Waals surface area contributed by atoms with Crippen molar-refractivity contribution in [3.8, 4) is 0 Å². The summed E-state index contributed by atoms with van der Waals surface area (Å²) in [6.07, 6.45) is 1.07. The molecule has 0 aliphatic carbocycles. The Kier molecular flexibility index (Phi) is 7.02. The Morgan fingerprint density at radius 3 is 2.23 bits per heavy atom. The number of hydrogen-bond donors (Lipinski definition) is 1. The Morgan fingerprint density at radius 2 is 1.61 bits per heavy atom. The third-order valence-electron chi connectivity index (χ3n) is 6.40. The van der Waals surface area contributed by atoms with Crippen molar-refractivity contribution >= 4 is 46.4 Å². The summed E-state index contributed by atoms with van der Waals surface area (Å²) in [5.41, 5.74) is 3.56. The second kappa shape index (κ2) is 9.58. The summed E-state index contributed by atoms with van der Waals surface area (Å²) in [5, 5.41) is 5.13. The van der Waals surface area contributed by atoms with E-state index in [0.717, 1.165) is 67.5 Å². The molecule has 2 aromatic carbocycles. The van der Waals surface area contributed by atoms with Gasteiger partial charge in [-0.3, -0.25) is 4.79 Å². The van der Waals surface area contributed by atoms with Crippen LogP contribution >= 0.6 is 34.8 Å². The fraction of sp³-hybridized carbons (Fsp3) is 0.458. The zero-order valence-electron chi connectivity index (χ0n) is 17.9. The molecule has 2 saturated heterocycles. The summed E-state index contributed by atoms with van der Waals surface area (Å²) < 4.78 is 0. The number of anilines is 1. The molecule has 0 aromatic heterocycles. The molecule has 1 amide bonds. The van der Waals surface area contributed by atoms with Gasteiger partial charge in [-0.05, 0) is 74.0 Å². The molecular formula is C24H28Cl3N3O. The van der Waals surface area contributed by atoms with E-state index in [1.54, 1.807) is 12.1 Å². The molecule has 0 spiro atoms. The number of carbonyl (C=O) groups excluding carboxylic acids is 1. The van der Waals surface area contributed by atoms with E-state index in [0.29, 0.717) is 27.4 Å². The molecule has 2 aromatic rings. The van der Waals surface area contributed by atoms with Gasteiger partial charge >= 0.3 is 0 Å². The quantitative estimate of drug-likeness (QED) is 0.533. The van der Waals surface area contributed by atoms with E-state index in [2.05, 4.69) is 16.3 Å². The Labute approximate surface area is 199 Å². The number of halogens is 3. The number of likely N-dealkylation sites (tertiary alicyclic amines) is 2. The predicted octanol–water partition coefficient (Wildman–Crippen LogP) is 5.77. The molecule has 2 atom stereocenters. The minimum atomic E-state index is -0.0445. The molecule has 2 fully saturated rings. The highest BCUT2D eigenvalue weighted by Crippen LogP contribution is 2.34. The maximum Gasteiger partial charge on any atom is 0.256 e. The van der Waals surface area contributed by atoms with Gasteiger partial charge in [0.25, 0.3) is 5.91 Å². The number of nitrogens with one attached hydrogen (secondary N) is 1. The van der Waals surface area contributed by atoms with Crippen molar-refractivity contribution in [2.75, 3.05) is 44.6 Å². The summed E-state index contributed by atoms with van der Waals surface area (Å²) in [6, 6.07) is 9.70. The Balaban J connectivity index is 1.24. The van der Waals surface area contributed by atoms with Gasteiger partial charge in [0.05, 0.1) is 15.6 Å². The van der Waals surface area contributed by atoms with Crippen LogP contribution in [-0.2, 0) is 0 Å². The van der Waals surface area contributed by atoms with Crippen LogP contribution < -0.4 is 5.32 Å². The Morgan fingerprint density at radius 1 is 0.968 bits per heavy atom. The van der Waals surface area contributed by atoms with Gasteiger partial charge in [-0.2, -0.15) is 0 Å². The average Bonchev–Trinajstić information content (AvgIpc) is 3.26. The molecule has 4 rings (SSSR count). The summed E-state index contributed by atoms with van der Waals surface area (Å²) in [4.78, 5) is 17.5. The predicted molar refractivity (Wildman–Crippen MR) is 130 cm³/mol. The van der Waals surface area contributed by atoms with Crippen molar-refractivity contribution < 1.29 is 4.79 Å². The van der Waals surface area contributed by atoms with Crippen molar-refractivity contribution in [1.82, 2.24) is 9.80 Å². The average molecular weight is 481 g/mol. The number of carbonyl (C=O) groups is 1. The van der Waals surface area contributed by atoms with Crippen molar-refractivity contribution in [1.29, 1.82) is 0 Å². The summed E-state index contributed by atoms with van der Waals surface area (Å²) in [5.74, 6) is 1.00. The number of rotatable bonds is 6. The normalized spacial score (nSPS) is 20.9. The molecule has 1 N–H and O–H groups in total. The SMILES string of the molecule is Cc1cc(Cl)c(C(=O)N2CC3CN(CCCNc4ccc(C)c(Cl)c4)CC3C2)c(Cl)c1. The molecule has 31 heavy (non-hydrogen) atoms. The van der Waals surface area contributed by atoms with Crippen LogP contribution in [0.4, 0.5) is 5.69 Å². The van der Waals surface area contributed by atoms with Crippen LogP contribution in [0.1, 0.15) is 27.9 Å². The number of benzene rings is 2. The van der Waals surface area contributed by atoms with Crippen LogP contribution in [0.5, 0.6) is 0 Å². The molecule has 0 radical (unpaired) electrons. The van der Waals surface area contributed by atoms with E-state index in [4.69, 9.17) is 34.8 Å². The Bertz CT molecular complexity index is 944. The van der Waals surface area contributed by atoms with Crippen molar-refractivity contribution in [3.05, 3.63) is 62.1 Å². The lowest BCUT2D eigenvalue weighted by atomic mass is 10.0. The van der Waals surface area contributed by atoms with Gasteiger partial charge < -0.3 is 15.1 Å². The van der Waals surface area contributed by atoms with E-state index in [1.165, 1.54) is 0 Å². The van der Waals surface area contributed by atoms with Gasteiger partial charge in [-0.15, -0.1) is 0 Å². The minimum Gasteiger partial charge on any atom is -0.385 e. The largest absolute Gasteiger partial charge is 0.385 e. The third kappa shape index (κ3) is 5.14. The lowest BCUT2D eigenvalue weighted by Gasteiger charge is -2.22. The Hall–Kier alpha value is -1.46. The summed E-state index contributed by atoms with van der Waals surface area (Å²) >= 11 is 18.9. The molecule has 166 valence electrons. The standard InChI is InChI=1S/C24H28Cl3N3O/c1-15-8-21(26)23(22(27)9-15)24(31)30-13-17-11-29(12-18(17)14-30)7-3-6-28-19-5-4-16(2)20(25)10-19/h4-5,8-10,17-18,28H,3,6-7,11-14H2,1-2H3. The number of aryl methyl sites for hydroxylation is 2. The highest BCUT2D eigenvalue weighted by atomic mass is 35.5. The second-order valence-corrected chi connectivity index (χ2v) is 10.1. The zero-order valence-corrected chi connectivity index (χ0v) is 20.2. The van der Waals surface area contributed by atoms with Crippen LogP contribution in [0.25, 0.3) is 0 Å². The van der Waals surface area contributed by atoms with Gasteiger partial charge in [0.2, 0.25) is 0 Å². The van der Waals surface area contributed by atoms with Gasteiger partial charge in [-0.25, -0.2) is 0 Å². The molecule has 7 heteroatoms. The minimum absolute atomic E-state index is 0.0445. The second-order valence-electron chi connectivity index (χ2n) is 8.84. The molecular weight excluding hydrogens is 453 g/mol. The number of nitrogens with zero attached hydrogens (tertiary/aromatic N) is 2. The smallest absolute Gasteiger partial charge is 0.256 e. The highest BCUT2D eigenvalue weighted by molar-refractivity contribution is 6.39. The third-order valence-corrected chi connectivity index (χ3v) is 7.40. The first-order chi connectivity index (χ1) is 14.8. The van der Waals surface area contributed by atoms with Crippen LogP contribution in [0, 0.1) is 25.7 Å². The van der Waals surface area contributed by atoms with Crippen molar-refractivity contribution in [2.24, 2.45) is 11.8 Å². The van der Waals surface area contributed by atoms with E-state index >= 15 is 0 Å². The number of hydrogen-bond acceptors (Lipinski definition) is 3. The molecule has 2 unspecified atom stereocenters. The fourth-order valence-corrected chi connectivity index (χ4v) is 5.68. The topological polar surface area (TPSA) is 35.6 Å². The van der Waals surface area contributed by atoms with E-state index in [9.17, 15) is 4.79 Å². The van der Waals surface area contributed by atoms with Gasteiger partial charge in [0.15, 0.2) is 0 Å². The van der Waals surface area contributed by atoms with Crippen molar-refractivity contribution in [2.45, 2.75) is 20.3 Å². The van der Waals surface area contributed by atoms with Crippen LogP contribution in [0.3, 0.4) is 0 Å². The molecule has 2 aliphatic heterocycles. The van der Waals surface area contributed by atoms with Gasteiger partial charge in [0, 0.05) is 43.4 Å². The van der Waals surface area contributed by atoms with Crippen LogP contribution in [0.2, 0.25) is 15.1 Å².